The Morgan fingerprint density at radius 1 is 1.07 bits per heavy atom. The van der Waals surface area contributed by atoms with E-state index in [4.69, 9.17) is 4.42 Å². The van der Waals surface area contributed by atoms with Crippen molar-refractivity contribution in [1.29, 1.82) is 5.26 Å². The van der Waals surface area contributed by atoms with Gasteiger partial charge in [-0.1, -0.05) is 46.3 Å². The predicted octanol–water partition coefficient (Wildman–Crippen LogP) is 5.87. The summed E-state index contributed by atoms with van der Waals surface area (Å²) in [4.78, 5) is 12.5. The summed E-state index contributed by atoms with van der Waals surface area (Å²) in [5.41, 5.74) is 3.50. The SMILES string of the molecule is Cc1cccc(C)c1NC(=O)/C(C#N)=C/c1ccc(-c2ccc(Br)cc2)o1. The third-order valence-electron chi connectivity index (χ3n) is 4.13. The van der Waals surface area contributed by atoms with Gasteiger partial charge in [-0.25, -0.2) is 0 Å². The first-order valence-corrected chi connectivity index (χ1v) is 9.12. The number of furan rings is 1. The van der Waals surface area contributed by atoms with E-state index in [1.807, 2.05) is 68.4 Å². The summed E-state index contributed by atoms with van der Waals surface area (Å²) in [7, 11) is 0. The maximum absolute atomic E-state index is 12.5. The number of carbonyl (C=O) groups excluding carboxylic acids is 1. The normalized spacial score (nSPS) is 11.1. The van der Waals surface area contributed by atoms with Crippen LogP contribution in [0.3, 0.4) is 0 Å². The molecule has 3 rings (SSSR count). The van der Waals surface area contributed by atoms with E-state index in [1.54, 1.807) is 6.07 Å². The summed E-state index contributed by atoms with van der Waals surface area (Å²) < 4.78 is 6.75. The van der Waals surface area contributed by atoms with Crippen molar-refractivity contribution in [2.75, 3.05) is 5.32 Å². The number of nitrogens with one attached hydrogen (secondary N) is 1. The number of hydrogen-bond donors (Lipinski definition) is 1. The van der Waals surface area contributed by atoms with Gasteiger partial charge >= 0.3 is 0 Å². The Labute approximate surface area is 166 Å². The number of aryl methyl sites for hydroxylation is 2. The van der Waals surface area contributed by atoms with Crippen LogP contribution in [0, 0.1) is 25.2 Å². The Hall–Kier alpha value is -3.10. The lowest BCUT2D eigenvalue weighted by Crippen LogP contribution is -2.15. The second-order valence-corrected chi connectivity index (χ2v) is 7.02. The Bertz CT molecular complexity index is 1040. The first-order valence-electron chi connectivity index (χ1n) is 8.33. The molecule has 0 aliphatic carbocycles. The molecule has 0 saturated heterocycles. The summed E-state index contributed by atoms with van der Waals surface area (Å²) in [5, 5.41) is 12.2. The Morgan fingerprint density at radius 2 is 1.74 bits per heavy atom. The Morgan fingerprint density at radius 3 is 2.37 bits per heavy atom. The summed E-state index contributed by atoms with van der Waals surface area (Å²) in [6.45, 7) is 3.82. The lowest BCUT2D eigenvalue weighted by atomic mass is 10.1. The molecular formula is C22H17BrN2O2. The molecule has 5 heteroatoms. The van der Waals surface area contributed by atoms with E-state index in [2.05, 4.69) is 21.2 Å². The molecule has 4 nitrogen and oxygen atoms in total. The third-order valence-corrected chi connectivity index (χ3v) is 4.66. The van der Waals surface area contributed by atoms with Crippen LogP contribution >= 0.6 is 15.9 Å². The quantitative estimate of drug-likeness (QED) is 0.423. The molecule has 27 heavy (non-hydrogen) atoms. The Kier molecular flexibility index (Phi) is 5.58. The molecule has 0 unspecified atom stereocenters. The second kappa shape index (κ2) is 8.07. The average molecular weight is 421 g/mol. The lowest BCUT2D eigenvalue weighted by molar-refractivity contribution is -0.112. The smallest absolute Gasteiger partial charge is 0.266 e. The molecule has 0 bridgehead atoms. The van der Waals surface area contributed by atoms with Crippen molar-refractivity contribution in [3.05, 3.63) is 81.5 Å². The maximum Gasteiger partial charge on any atom is 0.266 e. The number of para-hydroxylation sites is 1. The number of halogens is 1. The van der Waals surface area contributed by atoms with Crippen LogP contribution in [0.15, 0.2) is 69.1 Å². The van der Waals surface area contributed by atoms with Gasteiger partial charge in [-0.3, -0.25) is 4.79 Å². The van der Waals surface area contributed by atoms with Gasteiger partial charge in [0.25, 0.3) is 5.91 Å². The first kappa shape index (κ1) is 18.7. The van der Waals surface area contributed by atoms with Crippen molar-refractivity contribution >= 4 is 33.6 Å². The van der Waals surface area contributed by atoms with E-state index in [1.165, 1.54) is 6.08 Å². The van der Waals surface area contributed by atoms with Gasteiger partial charge in [0.15, 0.2) is 0 Å². The fourth-order valence-corrected chi connectivity index (χ4v) is 2.95. The highest BCUT2D eigenvalue weighted by molar-refractivity contribution is 9.10. The summed E-state index contributed by atoms with van der Waals surface area (Å²) >= 11 is 3.40. The van der Waals surface area contributed by atoms with Gasteiger partial charge in [0.1, 0.15) is 23.2 Å². The molecule has 0 aliphatic rings. The van der Waals surface area contributed by atoms with E-state index in [-0.39, 0.29) is 5.57 Å². The van der Waals surface area contributed by atoms with Crippen LogP contribution in [0.2, 0.25) is 0 Å². The number of benzene rings is 2. The van der Waals surface area contributed by atoms with Crippen molar-refractivity contribution in [2.45, 2.75) is 13.8 Å². The number of hydrogen-bond acceptors (Lipinski definition) is 3. The molecule has 1 N–H and O–H groups in total. The summed E-state index contributed by atoms with van der Waals surface area (Å²) in [6.07, 6.45) is 1.45. The molecule has 0 radical (unpaired) electrons. The highest BCUT2D eigenvalue weighted by Crippen LogP contribution is 2.25. The van der Waals surface area contributed by atoms with Crippen LogP contribution < -0.4 is 5.32 Å². The maximum atomic E-state index is 12.5. The molecule has 1 aromatic heterocycles. The highest BCUT2D eigenvalue weighted by Gasteiger charge is 2.13. The van der Waals surface area contributed by atoms with Gasteiger partial charge in [0.2, 0.25) is 0 Å². The Balaban J connectivity index is 1.83. The van der Waals surface area contributed by atoms with Crippen LogP contribution in [0.1, 0.15) is 16.9 Å². The second-order valence-electron chi connectivity index (χ2n) is 6.10. The minimum absolute atomic E-state index is 0.0191. The van der Waals surface area contributed by atoms with Crippen LogP contribution in [0.5, 0.6) is 0 Å². The van der Waals surface area contributed by atoms with Gasteiger partial charge in [-0.2, -0.15) is 5.26 Å². The largest absolute Gasteiger partial charge is 0.457 e. The monoisotopic (exact) mass is 420 g/mol. The zero-order valence-electron chi connectivity index (χ0n) is 14.9. The minimum atomic E-state index is -0.462. The zero-order valence-corrected chi connectivity index (χ0v) is 16.5. The number of anilines is 1. The first-order chi connectivity index (χ1) is 13.0. The van der Waals surface area contributed by atoms with E-state index in [0.717, 1.165) is 26.9 Å². The van der Waals surface area contributed by atoms with Gasteiger partial charge in [0, 0.05) is 21.8 Å². The molecule has 1 heterocycles. The van der Waals surface area contributed by atoms with Crippen molar-refractivity contribution in [1.82, 2.24) is 0 Å². The number of amides is 1. The van der Waals surface area contributed by atoms with Crippen molar-refractivity contribution < 1.29 is 9.21 Å². The van der Waals surface area contributed by atoms with Gasteiger partial charge in [-0.15, -0.1) is 0 Å². The van der Waals surface area contributed by atoms with Crippen LogP contribution in [0.25, 0.3) is 17.4 Å². The number of nitrogens with zero attached hydrogens (tertiary/aromatic N) is 1. The number of carbonyl (C=O) groups is 1. The van der Waals surface area contributed by atoms with Crippen molar-refractivity contribution in [2.24, 2.45) is 0 Å². The molecule has 0 saturated carbocycles. The zero-order chi connectivity index (χ0) is 19.4. The van der Waals surface area contributed by atoms with E-state index >= 15 is 0 Å². The van der Waals surface area contributed by atoms with Gasteiger partial charge < -0.3 is 9.73 Å². The van der Waals surface area contributed by atoms with Crippen molar-refractivity contribution in [3.63, 3.8) is 0 Å². The van der Waals surface area contributed by atoms with Crippen LogP contribution in [0.4, 0.5) is 5.69 Å². The third kappa shape index (κ3) is 4.36. The molecule has 0 atom stereocenters. The highest BCUT2D eigenvalue weighted by atomic mass is 79.9. The van der Waals surface area contributed by atoms with E-state index in [0.29, 0.717) is 11.5 Å². The fraction of sp³-hybridized carbons (Fsp3) is 0.0909. The molecule has 0 fully saturated rings. The molecular weight excluding hydrogens is 404 g/mol. The molecule has 2 aromatic carbocycles. The summed E-state index contributed by atoms with van der Waals surface area (Å²) in [6, 6.07) is 18.9. The molecule has 3 aromatic rings. The summed E-state index contributed by atoms with van der Waals surface area (Å²) in [5.74, 6) is 0.652. The molecule has 0 aliphatic heterocycles. The number of nitriles is 1. The van der Waals surface area contributed by atoms with E-state index in [9.17, 15) is 10.1 Å². The molecule has 0 spiro atoms. The van der Waals surface area contributed by atoms with E-state index < -0.39 is 5.91 Å². The van der Waals surface area contributed by atoms with Gasteiger partial charge in [0.05, 0.1) is 0 Å². The molecule has 1 amide bonds. The standard InChI is InChI=1S/C22H17BrN2O2/c1-14-4-3-5-15(2)21(14)25-22(26)17(13-24)12-19-10-11-20(27-19)16-6-8-18(23)9-7-16/h3-12H,1-2H3,(H,25,26)/b17-12+. The average Bonchev–Trinajstić information content (AvgIpc) is 3.12. The topological polar surface area (TPSA) is 66.0 Å². The minimum Gasteiger partial charge on any atom is -0.457 e. The van der Waals surface area contributed by atoms with Crippen molar-refractivity contribution in [3.8, 4) is 17.4 Å². The molecule has 134 valence electrons. The lowest BCUT2D eigenvalue weighted by Gasteiger charge is -2.10. The van der Waals surface area contributed by atoms with Crippen LogP contribution in [-0.2, 0) is 4.79 Å². The predicted molar refractivity (Wildman–Crippen MR) is 110 cm³/mol. The van der Waals surface area contributed by atoms with Gasteiger partial charge in [-0.05, 0) is 49.2 Å². The van der Waals surface area contributed by atoms with Crippen LogP contribution in [-0.4, -0.2) is 5.91 Å². The number of rotatable bonds is 4. The fourth-order valence-electron chi connectivity index (χ4n) is 2.68.